The number of benzene rings is 1. The zero-order valence-corrected chi connectivity index (χ0v) is 7.82. The first-order chi connectivity index (χ1) is 6.99. The molecule has 0 unspecified atom stereocenters. The first-order valence-corrected chi connectivity index (χ1v) is 4.31. The lowest BCUT2D eigenvalue weighted by molar-refractivity contribution is -0.387. The van der Waals surface area contributed by atoms with Crippen molar-refractivity contribution in [1.82, 2.24) is 0 Å². The van der Waals surface area contributed by atoms with Gasteiger partial charge in [0.2, 0.25) is 0 Å². The molecule has 0 radical (unpaired) electrons. The Morgan fingerprint density at radius 1 is 1.40 bits per heavy atom. The van der Waals surface area contributed by atoms with E-state index in [2.05, 4.69) is 0 Å². The maximum atomic E-state index is 13.4. The van der Waals surface area contributed by atoms with Gasteiger partial charge in [-0.2, -0.15) is 0 Å². The number of nitro groups is 1. The maximum Gasteiger partial charge on any atom is 0.281 e. The molecule has 0 saturated carbocycles. The number of para-hydroxylation sites is 1. The van der Waals surface area contributed by atoms with Crippen LogP contribution in [0.25, 0.3) is 0 Å². The molecule has 0 heterocycles. The number of hydrogen-bond donors (Lipinski definition) is 1. The molecule has 0 amide bonds. The highest BCUT2D eigenvalue weighted by molar-refractivity contribution is 5.42. The van der Waals surface area contributed by atoms with Gasteiger partial charge in [-0.15, -0.1) is 0 Å². The largest absolute Gasteiger partial charge is 0.330 e. The highest BCUT2D eigenvalue weighted by Gasteiger charge is 2.36. The molecule has 15 heavy (non-hydrogen) atoms. The number of nitrogens with zero attached hydrogens (tertiary/aromatic N) is 1. The Labute approximate surface area is 84.9 Å². The Morgan fingerprint density at radius 3 is 2.53 bits per heavy atom. The molecule has 1 rings (SSSR count). The van der Waals surface area contributed by atoms with Crippen LogP contribution in [0.2, 0.25) is 0 Å². The van der Waals surface area contributed by atoms with Gasteiger partial charge in [0.1, 0.15) is 0 Å². The zero-order chi connectivity index (χ0) is 11.5. The van der Waals surface area contributed by atoms with Crippen LogP contribution in [0.5, 0.6) is 0 Å². The van der Waals surface area contributed by atoms with Crippen molar-refractivity contribution in [3.05, 3.63) is 39.9 Å². The molecule has 0 aromatic heterocycles. The molecule has 0 spiro atoms. The second-order valence-corrected chi connectivity index (χ2v) is 3.02. The highest BCUT2D eigenvalue weighted by atomic mass is 19.3. The first-order valence-electron chi connectivity index (χ1n) is 4.31. The van der Waals surface area contributed by atoms with E-state index in [9.17, 15) is 18.9 Å². The normalized spacial score (nSPS) is 11.4. The van der Waals surface area contributed by atoms with E-state index in [-0.39, 0.29) is 6.54 Å². The van der Waals surface area contributed by atoms with Gasteiger partial charge in [-0.05, 0) is 12.6 Å². The lowest BCUT2D eigenvalue weighted by atomic mass is 10.0. The summed E-state index contributed by atoms with van der Waals surface area (Å²) in [4.78, 5) is 9.69. The fraction of sp³-hybridized carbons (Fsp3) is 0.333. The summed E-state index contributed by atoms with van der Waals surface area (Å²) in [5.74, 6) is -3.25. The van der Waals surface area contributed by atoms with E-state index in [1.165, 1.54) is 12.1 Å². The van der Waals surface area contributed by atoms with E-state index in [1.54, 1.807) is 0 Å². The monoisotopic (exact) mass is 216 g/mol. The number of alkyl halides is 2. The van der Waals surface area contributed by atoms with Crippen LogP contribution in [0.4, 0.5) is 14.5 Å². The van der Waals surface area contributed by atoms with Crippen molar-refractivity contribution in [1.29, 1.82) is 0 Å². The summed E-state index contributed by atoms with van der Waals surface area (Å²) < 4.78 is 26.8. The van der Waals surface area contributed by atoms with Crippen molar-refractivity contribution >= 4 is 5.69 Å². The minimum Gasteiger partial charge on any atom is -0.330 e. The molecule has 0 aliphatic carbocycles. The molecule has 82 valence electrons. The Bertz CT molecular complexity index is 369. The average molecular weight is 216 g/mol. The van der Waals surface area contributed by atoms with E-state index in [0.717, 1.165) is 12.1 Å². The van der Waals surface area contributed by atoms with Gasteiger partial charge in [-0.1, -0.05) is 12.1 Å². The molecule has 6 heteroatoms. The Balaban J connectivity index is 3.18. The number of rotatable bonds is 4. The predicted molar refractivity (Wildman–Crippen MR) is 50.7 cm³/mol. The molecule has 0 saturated heterocycles. The lowest BCUT2D eigenvalue weighted by Crippen LogP contribution is -2.19. The van der Waals surface area contributed by atoms with Crippen molar-refractivity contribution in [2.75, 3.05) is 6.54 Å². The summed E-state index contributed by atoms with van der Waals surface area (Å²) in [6.45, 7) is -0.223. The Kier molecular flexibility index (Phi) is 3.31. The lowest BCUT2D eigenvalue weighted by Gasteiger charge is -2.15. The SMILES string of the molecule is NCCC(F)(F)c1ccccc1[N+](=O)[O-]. The van der Waals surface area contributed by atoms with E-state index in [0.29, 0.717) is 0 Å². The van der Waals surface area contributed by atoms with Crippen LogP contribution in [0.3, 0.4) is 0 Å². The third kappa shape index (κ3) is 2.47. The second kappa shape index (κ2) is 4.31. The Morgan fingerprint density at radius 2 is 2.00 bits per heavy atom. The van der Waals surface area contributed by atoms with Crippen LogP contribution >= 0.6 is 0 Å². The highest BCUT2D eigenvalue weighted by Crippen LogP contribution is 2.36. The molecule has 4 nitrogen and oxygen atoms in total. The van der Waals surface area contributed by atoms with Gasteiger partial charge in [-0.3, -0.25) is 10.1 Å². The zero-order valence-electron chi connectivity index (χ0n) is 7.82. The average Bonchev–Trinajstić information content (AvgIpc) is 2.17. The van der Waals surface area contributed by atoms with E-state index in [4.69, 9.17) is 5.73 Å². The quantitative estimate of drug-likeness (QED) is 0.618. The summed E-state index contributed by atoms with van der Waals surface area (Å²) >= 11 is 0. The van der Waals surface area contributed by atoms with E-state index in [1.807, 2.05) is 0 Å². The second-order valence-electron chi connectivity index (χ2n) is 3.02. The van der Waals surface area contributed by atoms with Gasteiger partial charge < -0.3 is 5.73 Å². The topological polar surface area (TPSA) is 69.2 Å². The summed E-state index contributed by atoms with van der Waals surface area (Å²) in [5.41, 5.74) is 3.87. The minimum absolute atomic E-state index is 0.223. The summed E-state index contributed by atoms with van der Waals surface area (Å²) in [6.07, 6.45) is -0.599. The van der Waals surface area contributed by atoms with Gasteiger partial charge in [0, 0.05) is 12.5 Å². The molecule has 0 fully saturated rings. The maximum absolute atomic E-state index is 13.4. The van der Waals surface area contributed by atoms with E-state index < -0.39 is 28.5 Å². The number of nitro benzene ring substituents is 1. The fourth-order valence-corrected chi connectivity index (χ4v) is 1.26. The molecule has 0 atom stereocenters. The molecule has 1 aromatic rings. The van der Waals surface area contributed by atoms with Gasteiger partial charge >= 0.3 is 0 Å². The van der Waals surface area contributed by atoms with Crippen LogP contribution in [-0.4, -0.2) is 11.5 Å². The van der Waals surface area contributed by atoms with Crippen LogP contribution in [0.1, 0.15) is 12.0 Å². The summed E-state index contributed by atoms with van der Waals surface area (Å²) in [5, 5.41) is 10.5. The molecular weight excluding hydrogens is 206 g/mol. The predicted octanol–water partition coefficient (Wildman–Crippen LogP) is 2.04. The van der Waals surface area contributed by atoms with Crippen LogP contribution in [0.15, 0.2) is 24.3 Å². The molecular formula is C9H10F2N2O2. The smallest absolute Gasteiger partial charge is 0.281 e. The van der Waals surface area contributed by atoms with Gasteiger partial charge in [0.25, 0.3) is 11.6 Å². The van der Waals surface area contributed by atoms with Crippen molar-refractivity contribution in [2.24, 2.45) is 5.73 Å². The fourth-order valence-electron chi connectivity index (χ4n) is 1.26. The van der Waals surface area contributed by atoms with Crippen molar-refractivity contribution in [2.45, 2.75) is 12.3 Å². The van der Waals surface area contributed by atoms with Crippen molar-refractivity contribution in [3.8, 4) is 0 Å². The van der Waals surface area contributed by atoms with Gasteiger partial charge in [0.15, 0.2) is 0 Å². The third-order valence-electron chi connectivity index (χ3n) is 1.95. The number of halogens is 2. The molecule has 2 N–H and O–H groups in total. The van der Waals surface area contributed by atoms with E-state index >= 15 is 0 Å². The Hall–Kier alpha value is -1.56. The molecule has 1 aromatic carbocycles. The summed E-state index contributed by atoms with van der Waals surface area (Å²) in [6, 6.07) is 4.79. The van der Waals surface area contributed by atoms with Crippen molar-refractivity contribution in [3.63, 3.8) is 0 Å². The molecule has 0 aliphatic rings. The number of nitrogens with two attached hydrogens (primary N) is 1. The van der Waals surface area contributed by atoms with Crippen molar-refractivity contribution < 1.29 is 13.7 Å². The minimum atomic E-state index is -3.25. The van der Waals surface area contributed by atoms with Crippen LogP contribution < -0.4 is 5.73 Å². The molecule has 0 bridgehead atoms. The van der Waals surface area contributed by atoms with Crippen LogP contribution in [0, 0.1) is 10.1 Å². The molecule has 0 aliphatic heterocycles. The third-order valence-corrected chi connectivity index (χ3v) is 1.95. The number of hydrogen-bond acceptors (Lipinski definition) is 3. The van der Waals surface area contributed by atoms with Gasteiger partial charge in [-0.25, -0.2) is 8.78 Å². The standard InChI is InChI=1S/C9H10F2N2O2/c10-9(11,5-6-12)7-3-1-2-4-8(7)13(14)15/h1-4H,5-6,12H2. The summed E-state index contributed by atoms with van der Waals surface area (Å²) in [7, 11) is 0. The first kappa shape index (κ1) is 11.5. The van der Waals surface area contributed by atoms with Gasteiger partial charge in [0.05, 0.1) is 10.5 Å². The van der Waals surface area contributed by atoms with Crippen LogP contribution in [-0.2, 0) is 5.92 Å².